The third-order valence-corrected chi connectivity index (χ3v) is 2.91. The van der Waals surface area contributed by atoms with E-state index in [9.17, 15) is 4.79 Å². The summed E-state index contributed by atoms with van der Waals surface area (Å²) in [5.41, 5.74) is 0.361. The largest absolute Gasteiger partial charge is 0.394 e. The van der Waals surface area contributed by atoms with Crippen LogP contribution in [-0.4, -0.2) is 48.6 Å². The molecule has 0 saturated carbocycles. The Kier molecular flexibility index (Phi) is 3.22. The molecule has 0 saturated heterocycles. The molecule has 1 atom stereocenters. The molecule has 0 spiro atoms. The van der Waals surface area contributed by atoms with Crippen LogP contribution in [0.15, 0.2) is 16.3 Å². The number of rotatable bonds is 4. The number of H-pyrrole nitrogens is 2. The van der Waals surface area contributed by atoms with E-state index >= 15 is 0 Å². The Bertz CT molecular complexity index is 537. The number of nitrogens with one attached hydrogen (secondary N) is 2. The van der Waals surface area contributed by atoms with Crippen LogP contribution in [0.25, 0.3) is 11.2 Å². The maximum Gasteiger partial charge on any atom is 0.276 e. The second-order valence-corrected chi connectivity index (χ2v) is 4.13. The molecule has 2 heterocycles. The topological polar surface area (TPSA) is 115 Å². The average molecular weight is 242 g/mol. The van der Waals surface area contributed by atoms with Crippen LogP contribution in [0.3, 0.4) is 0 Å². The first-order valence-electron chi connectivity index (χ1n) is 4.56. The van der Waals surface area contributed by atoms with E-state index in [1.54, 1.807) is 0 Å². The highest BCUT2D eigenvalue weighted by atomic mass is 32.2. The molecule has 86 valence electrons. The van der Waals surface area contributed by atoms with E-state index in [1.165, 1.54) is 18.1 Å². The second-order valence-electron chi connectivity index (χ2n) is 3.12. The summed E-state index contributed by atoms with van der Waals surface area (Å²) in [5, 5.41) is 18.3. The van der Waals surface area contributed by atoms with Crippen molar-refractivity contribution in [1.29, 1.82) is 0 Å². The maximum absolute atomic E-state index is 11.3. The van der Waals surface area contributed by atoms with E-state index in [0.29, 0.717) is 22.1 Å². The minimum Gasteiger partial charge on any atom is -0.394 e. The van der Waals surface area contributed by atoms with Gasteiger partial charge in [-0.05, 0) is 0 Å². The molecule has 0 aromatic carbocycles. The summed E-state index contributed by atoms with van der Waals surface area (Å²) >= 11 is 1.22. The lowest BCUT2D eigenvalue weighted by Crippen LogP contribution is -2.14. The van der Waals surface area contributed by atoms with E-state index in [0.717, 1.165) is 0 Å². The number of imidazole rings is 1. The fraction of sp³-hybridized carbons (Fsp3) is 0.375. The third kappa shape index (κ3) is 2.23. The summed E-state index contributed by atoms with van der Waals surface area (Å²) in [6.07, 6.45) is 0.479. The molecule has 0 aliphatic heterocycles. The Morgan fingerprint density at radius 2 is 2.38 bits per heavy atom. The first-order valence-corrected chi connectivity index (χ1v) is 5.54. The van der Waals surface area contributed by atoms with Crippen LogP contribution in [0.2, 0.25) is 0 Å². The Hall–Kier alpha value is -1.38. The van der Waals surface area contributed by atoms with Gasteiger partial charge in [0.1, 0.15) is 0 Å². The number of thioether (sulfide) groups is 1. The number of aromatic nitrogens is 4. The molecule has 0 amide bonds. The van der Waals surface area contributed by atoms with E-state index in [1.807, 2.05) is 0 Å². The summed E-state index contributed by atoms with van der Waals surface area (Å²) in [6, 6.07) is 0. The Balaban J connectivity index is 2.20. The van der Waals surface area contributed by atoms with Crippen molar-refractivity contribution in [2.45, 2.75) is 11.3 Å². The molecule has 8 heteroatoms. The molecule has 2 aromatic rings. The SMILES string of the molecule is O=c1[nH]cnc2nc(SCC(O)CO)[nH]c12. The zero-order valence-corrected chi connectivity index (χ0v) is 8.99. The van der Waals surface area contributed by atoms with Gasteiger partial charge in [0.15, 0.2) is 16.3 Å². The Labute approximate surface area is 93.9 Å². The smallest absolute Gasteiger partial charge is 0.276 e. The van der Waals surface area contributed by atoms with Gasteiger partial charge < -0.3 is 20.2 Å². The molecular weight excluding hydrogens is 232 g/mol. The van der Waals surface area contributed by atoms with Crippen LogP contribution >= 0.6 is 11.8 Å². The van der Waals surface area contributed by atoms with E-state index in [4.69, 9.17) is 10.2 Å². The molecule has 7 nitrogen and oxygen atoms in total. The molecule has 0 aliphatic rings. The van der Waals surface area contributed by atoms with E-state index in [-0.39, 0.29) is 12.2 Å². The third-order valence-electron chi connectivity index (χ3n) is 1.90. The van der Waals surface area contributed by atoms with Crippen molar-refractivity contribution < 1.29 is 10.2 Å². The van der Waals surface area contributed by atoms with Crippen LogP contribution < -0.4 is 5.56 Å². The molecule has 0 radical (unpaired) electrons. The molecule has 0 fully saturated rings. The molecule has 16 heavy (non-hydrogen) atoms. The quantitative estimate of drug-likeness (QED) is 0.516. The summed E-state index contributed by atoms with van der Waals surface area (Å²) in [4.78, 5) is 24.5. The molecule has 0 bridgehead atoms. The molecular formula is C8H10N4O3S. The molecule has 2 aromatic heterocycles. The van der Waals surface area contributed by atoms with Crippen LogP contribution in [0, 0.1) is 0 Å². The standard InChI is InChI=1S/C8H10N4O3S/c13-1-4(14)2-16-8-11-5-6(12-8)9-3-10-7(5)15/h3-4,13-14H,1-2H2,(H2,9,10,11,12,15). The van der Waals surface area contributed by atoms with Crippen LogP contribution in [0.1, 0.15) is 0 Å². The van der Waals surface area contributed by atoms with Crippen molar-refractivity contribution >= 4 is 22.9 Å². The lowest BCUT2D eigenvalue weighted by Gasteiger charge is -2.03. The highest BCUT2D eigenvalue weighted by molar-refractivity contribution is 7.99. The number of hydrogen-bond acceptors (Lipinski definition) is 6. The number of nitrogens with zero attached hydrogens (tertiary/aromatic N) is 2. The van der Waals surface area contributed by atoms with Gasteiger partial charge in [-0.1, -0.05) is 11.8 Å². The van der Waals surface area contributed by atoms with Crippen molar-refractivity contribution in [3.05, 3.63) is 16.7 Å². The summed E-state index contributed by atoms with van der Waals surface area (Å²) in [7, 11) is 0. The van der Waals surface area contributed by atoms with Gasteiger partial charge in [0.05, 0.1) is 19.0 Å². The van der Waals surface area contributed by atoms with Crippen molar-refractivity contribution in [3.8, 4) is 0 Å². The van der Waals surface area contributed by atoms with Gasteiger partial charge in [-0.15, -0.1) is 0 Å². The van der Waals surface area contributed by atoms with Crippen molar-refractivity contribution in [2.75, 3.05) is 12.4 Å². The van der Waals surface area contributed by atoms with Crippen LogP contribution in [0.4, 0.5) is 0 Å². The lowest BCUT2D eigenvalue weighted by molar-refractivity contribution is 0.113. The van der Waals surface area contributed by atoms with Crippen molar-refractivity contribution in [1.82, 2.24) is 19.9 Å². The number of aromatic amines is 2. The highest BCUT2D eigenvalue weighted by Gasteiger charge is 2.09. The van der Waals surface area contributed by atoms with Gasteiger partial charge in [-0.3, -0.25) is 4.79 Å². The number of aliphatic hydroxyl groups excluding tert-OH is 2. The van der Waals surface area contributed by atoms with E-state index < -0.39 is 6.10 Å². The zero-order valence-electron chi connectivity index (χ0n) is 8.17. The first-order chi connectivity index (χ1) is 7.70. The van der Waals surface area contributed by atoms with Crippen LogP contribution in [0.5, 0.6) is 0 Å². The van der Waals surface area contributed by atoms with Crippen LogP contribution in [-0.2, 0) is 0 Å². The van der Waals surface area contributed by atoms with Gasteiger partial charge >= 0.3 is 0 Å². The van der Waals surface area contributed by atoms with Crippen molar-refractivity contribution in [3.63, 3.8) is 0 Å². The van der Waals surface area contributed by atoms with Gasteiger partial charge in [-0.2, -0.15) is 0 Å². The fourth-order valence-corrected chi connectivity index (χ4v) is 1.90. The number of fused-ring (bicyclic) bond motifs is 1. The number of aliphatic hydroxyl groups is 2. The van der Waals surface area contributed by atoms with Gasteiger partial charge in [0.2, 0.25) is 0 Å². The zero-order chi connectivity index (χ0) is 11.5. The number of hydrogen-bond donors (Lipinski definition) is 4. The minimum absolute atomic E-state index is 0.285. The molecule has 1 unspecified atom stereocenters. The normalized spacial score (nSPS) is 13.1. The summed E-state index contributed by atoms with van der Waals surface area (Å²) in [6.45, 7) is -0.300. The summed E-state index contributed by atoms with van der Waals surface area (Å²) in [5.74, 6) is 0.300. The highest BCUT2D eigenvalue weighted by Crippen LogP contribution is 2.16. The molecule has 2 rings (SSSR count). The van der Waals surface area contributed by atoms with Crippen molar-refractivity contribution in [2.24, 2.45) is 0 Å². The second kappa shape index (κ2) is 4.64. The maximum atomic E-state index is 11.3. The monoisotopic (exact) mass is 242 g/mol. The fourth-order valence-electron chi connectivity index (χ4n) is 1.12. The Morgan fingerprint density at radius 1 is 1.56 bits per heavy atom. The van der Waals surface area contributed by atoms with E-state index in [2.05, 4.69) is 19.9 Å². The Morgan fingerprint density at radius 3 is 3.06 bits per heavy atom. The van der Waals surface area contributed by atoms with Gasteiger partial charge in [0, 0.05) is 5.75 Å². The predicted molar refractivity (Wildman–Crippen MR) is 58.3 cm³/mol. The lowest BCUT2D eigenvalue weighted by atomic mass is 10.4. The van der Waals surface area contributed by atoms with Gasteiger partial charge in [0.25, 0.3) is 5.56 Å². The predicted octanol–water partition coefficient (Wildman–Crippen LogP) is -0.909. The molecule has 0 aliphatic carbocycles. The summed E-state index contributed by atoms with van der Waals surface area (Å²) < 4.78 is 0. The average Bonchev–Trinajstić information content (AvgIpc) is 2.70. The minimum atomic E-state index is -0.801. The van der Waals surface area contributed by atoms with Gasteiger partial charge in [-0.25, -0.2) is 9.97 Å². The molecule has 4 N–H and O–H groups in total. The first kappa shape index (κ1) is 11.1.